The third kappa shape index (κ3) is 4.66. The zero-order chi connectivity index (χ0) is 17.7. The van der Waals surface area contributed by atoms with E-state index in [0.29, 0.717) is 10.8 Å². The second kappa shape index (κ2) is 8.42. The molecule has 1 N–H and O–H groups in total. The summed E-state index contributed by atoms with van der Waals surface area (Å²) >= 11 is 0. The van der Waals surface area contributed by atoms with Gasteiger partial charge in [0.1, 0.15) is 0 Å². The highest BCUT2D eigenvalue weighted by Gasteiger charge is 2.27. The van der Waals surface area contributed by atoms with Crippen LogP contribution in [0.1, 0.15) is 49.9 Å². The quantitative estimate of drug-likeness (QED) is 0.828. The van der Waals surface area contributed by atoms with E-state index in [1.807, 2.05) is 0 Å². The van der Waals surface area contributed by atoms with Crippen molar-refractivity contribution in [2.75, 3.05) is 6.26 Å². The van der Waals surface area contributed by atoms with Crippen molar-refractivity contribution in [1.82, 2.24) is 5.32 Å². The molecule has 0 spiro atoms. The van der Waals surface area contributed by atoms with Crippen LogP contribution in [0.5, 0.6) is 0 Å². The first kappa shape index (κ1) is 18.6. The Bertz CT molecular complexity index is 631. The first-order chi connectivity index (χ1) is 11.4. The number of benzene rings is 1. The van der Waals surface area contributed by atoms with Crippen LogP contribution in [0, 0.1) is 5.92 Å². The van der Waals surface area contributed by atoms with Crippen LogP contribution in [0.3, 0.4) is 0 Å². The highest BCUT2D eigenvalue weighted by atomic mass is 32.2. The molecule has 1 aliphatic carbocycles. The van der Waals surface area contributed by atoms with Crippen molar-refractivity contribution in [1.29, 1.82) is 0 Å². The second-order valence-electron chi connectivity index (χ2n) is 6.37. The Morgan fingerprint density at radius 3 is 2.58 bits per heavy atom. The number of hydrogen-bond donors (Lipinski definition) is 1. The fourth-order valence-corrected chi connectivity index (χ4v) is 3.73. The van der Waals surface area contributed by atoms with Crippen molar-refractivity contribution in [3.05, 3.63) is 29.8 Å². The Morgan fingerprint density at radius 1 is 1.25 bits per heavy atom. The summed E-state index contributed by atoms with van der Waals surface area (Å²) in [5.41, 5.74) is 0.240. The predicted molar refractivity (Wildman–Crippen MR) is 93.2 cm³/mol. The number of hydrogen-bond acceptors (Lipinski definition) is 4. The van der Waals surface area contributed by atoms with Gasteiger partial charge in [-0.05, 0) is 37.8 Å². The number of ether oxygens (including phenoxy) is 1. The molecule has 0 aliphatic heterocycles. The van der Waals surface area contributed by atoms with E-state index in [0.717, 1.165) is 19.3 Å². The van der Waals surface area contributed by atoms with Gasteiger partial charge < -0.3 is 10.1 Å². The molecular weight excluding hydrogens is 326 g/mol. The number of carbonyl (C=O) groups excluding carboxylic acids is 2. The summed E-state index contributed by atoms with van der Waals surface area (Å²) in [6.07, 6.45) is 5.00. The van der Waals surface area contributed by atoms with Gasteiger partial charge >= 0.3 is 5.97 Å². The third-order valence-corrected chi connectivity index (χ3v) is 5.48. The Kier molecular flexibility index (Phi) is 6.54. The van der Waals surface area contributed by atoms with Crippen LogP contribution in [0.4, 0.5) is 0 Å². The minimum atomic E-state index is -1.30. The van der Waals surface area contributed by atoms with Gasteiger partial charge in [0.15, 0.2) is 6.10 Å². The molecule has 1 saturated carbocycles. The number of esters is 1. The minimum Gasteiger partial charge on any atom is -0.449 e. The maximum Gasteiger partial charge on any atom is 0.340 e. The monoisotopic (exact) mass is 351 g/mol. The van der Waals surface area contributed by atoms with Gasteiger partial charge in [-0.25, -0.2) is 4.79 Å². The van der Waals surface area contributed by atoms with Crippen LogP contribution in [-0.2, 0) is 20.3 Å². The van der Waals surface area contributed by atoms with Gasteiger partial charge in [-0.15, -0.1) is 0 Å². The molecule has 1 aromatic rings. The van der Waals surface area contributed by atoms with Gasteiger partial charge in [-0.3, -0.25) is 9.00 Å². The lowest BCUT2D eigenvalue weighted by Crippen LogP contribution is -2.46. The average molecular weight is 351 g/mol. The van der Waals surface area contributed by atoms with Crippen LogP contribution < -0.4 is 5.32 Å². The maximum atomic E-state index is 12.3. The minimum absolute atomic E-state index is 0.142. The zero-order valence-corrected chi connectivity index (χ0v) is 15.2. The second-order valence-corrected chi connectivity index (χ2v) is 7.72. The molecule has 1 aromatic carbocycles. The molecule has 6 heteroatoms. The van der Waals surface area contributed by atoms with Crippen molar-refractivity contribution in [2.45, 2.75) is 56.6 Å². The molecule has 24 heavy (non-hydrogen) atoms. The largest absolute Gasteiger partial charge is 0.449 e. The summed E-state index contributed by atoms with van der Waals surface area (Å²) in [6, 6.07) is 6.73. The summed E-state index contributed by atoms with van der Waals surface area (Å²) in [4.78, 5) is 25.0. The van der Waals surface area contributed by atoms with Gasteiger partial charge in [0.2, 0.25) is 0 Å². The standard InChI is InChI=1S/C18H25NO4S/c1-12-8-4-6-10-15(12)19-17(20)13(2)23-18(21)14-9-5-7-11-16(14)24(3)22/h5,7,9,11-13,15H,4,6,8,10H2,1-3H3,(H,19,20)/t12-,13-,15-,24-/m1/s1. The first-order valence-corrected chi connectivity index (χ1v) is 9.89. The van der Waals surface area contributed by atoms with Crippen molar-refractivity contribution in [3.8, 4) is 0 Å². The van der Waals surface area contributed by atoms with Crippen LogP contribution in [0.25, 0.3) is 0 Å². The van der Waals surface area contributed by atoms with Gasteiger partial charge in [-0.1, -0.05) is 31.9 Å². The van der Waals surface area contributed by atoms with Crippen LogP contribution in [0.15, 0.2) is 29.2 Å². The van der Waals surface area contributed by atoms with E-state index in [1.54, 1.807) is 31.2 Å². The van der Waals surface area contributed by atoms with E-state index in [-0.39, 0.29) is 17.5 Å². The highest BCUT2D eigenvalue weighted by molar-refractivity contribution is 7.84. The summed E-state index contributed by atoms with van der Waals surface area (Å²) in [6.45, 7) is 3.69. The van der Waals surface area contributed by atoms with E-state index in [4.69, 9.17) is 4.74 Å². The van der Waals surface area contributed by atoms with E-state index < -0.39 is 22.9 Å². The van der Waals surface area contributed by atoms with Crippen molar-refractivity contribution in [3.63, 3.8) is 0 Å². The summed E-state index contributed by atoms with van der Waals surface area (Å²) in [5.74, 6) is -0.466. The van der Waals surface area contributed by atoms with E-state index in [2.05, 4.69) is 12.2 Å². The van der Waals surface area contributed by atoms with Crippen molar-refractivity contribution in [2.24, 2.45) is 5.92 Å². The van der Waals surface area contributed by atoms with Gasteiger partial charge in [0.25, 0.3) is 5.91 Å². The number of carbonyl (C=O) groups is 2. The van der Waals surface area contributed by atoms with Crippen LogP contribution >= 0.6 is 0 Å². The van der Waals surface area contributed by atoms with Gasteiger partial charge in [-0.2, -0.15) is 0 Å². The maximum absolute atomic E-state index is 12.3. The van der Waals surface area contributed by atoms with Crippen molar-refractivity contribution < 1.29 is 18.5 Å². The fraction of sp³-hybridized carbons (Fsp3) is 0.556. The predicted octanol–water partition coefficient (Wildman–Crippen LogP) is 2.66. The molecule has 1 aliphatic rings. The summed E-state index contributed by atoms with van der Waals surface area (Å²) in [7, 11) is -1.30. The number of amides is 1. The fourth-order valence-electron chi connectivity index (χ4n) is 2.99. The van der Waals surface area contributed by atoms with Crippen LogP contribution in [-0.4, -0.2) is 34.5 Å². The Labute approximate surface area is 145 Å². The molecular formula is C18H25NO4S. The molecule has 0 unspecified atom stereocenters. The molecule has 132 valence electrons. The first-order valence-electron chi connectivity index (χ1n) is 8.34. The highest BCUT2D eigenvalue weighted by Crippen LogP contribution is 2.24. The molecule has 1 fully saturated rings. The smallest absolute Gasteiger partial charge is 0.340 e. The molecule has 0 heterocycles. The molecule has 2 rings (SSSR count). The lowest BCUT2D eigenvalue weighted by molar-refractivity contribution is -0.130. The Hall–Kier alpha value is -1.69. The van der Waals surface area contributed by atoms with Gasteiger partial charge in [0.05, 0.1) is 21.3 Å². The van der Waals surface area contributed by atoms with E-state index >= 15 is 0 Å². The Balaban J connectivity index is 1.98. The van der Waals surface area contributed by atoms with Crippen molar-refractivity contribution >= 4 is 22.7 Å². The average Bonchev–Trinajstić information content (AvgIpc) is 2.56. The molecule has 0 saturated heterocycles. The molecule has 5 nitrogen and oxygen atoms in total. The number of rotatable bonds is 5. The Morgan fingerprint density at radius 2 is 1.92 bits per heavy atom. The van der Waals surface area contributed by atoms with Crippen LogP contribution in [0.2, 0.25) is 0 Å². The molecule has 0 bridgehead atoms. The molecule has 0 radical (unpaired) electrons. The van der Waals surface area contributed by atoms with E-state index in [9.17, 15) is 13.8 Å². The normalized spacial score (nSPS) is 23.1. The number of nitrogens with one attached hydrogen (secondary N) is 1. The zero-order valence-electron chi connectivity index (χ0n) is 14.4. The summed E-state index contributed by atoms with van der Waals surface area (Å²) in [5, 5.41) is 2.99. The lowest BCUT2D eigenvalue weighted by Gasteiger charge is -2.30. The van der Waals surface area contributed by atoms with Gasteiger partial charge in [0, 0.05) is 12.3 Å². The summed E-state index contributed by atoms with van der Waals surface area (Å²) < 4.78 is 17.0. The lowest BCUT2D eigenvalue weighted by atomic mass is 9.86. The molecule has 1 amide bonds. The SMILES string of the molecule is C[C@@H]1CCCC[C@H]1NC(=O)[C@@H](C)OC(=O)c1ccccc1[S@@](C)=O. The van der Waals surface area contributed by atoms with E-state index in [1.165, 1.54) is 12.7 Å². The molecule has 0 aromatic heterocycles. The third-order valence-electron chi connectivity index (χ3n) is 4.51. The topological polar surface area (TPSA) is 72.5 Å². The molecule has 4 atom stereocenters.